The van der Waals surface area contributed by atoms with E-state index in [9.17, 15) is 4.79 Å². The number of piperidine rings is 1. The molecule has 0 spiro atoms. The molecule has 33 heavy (non-hydrogen) atoms. The van der Waals surface area contributed by atoms with Gasteiger partial charge < -0.3 is 25.0 Å². The molecule has 2 N–H and O–H groups in total. The molecular weight excluding hydrogens is 442 g/mol. The molecule has 1 aliphatic rings. The maximum Gasteiger partial charge on any atom is 0.410 e. The van der Waals surface area contributed by atoms with Crippen LogP contribution in [0.15, 0.2) is 36.7 Å². The number of amides is 1. The number of hydrogen-bond donors (Lipinski definition) is 2. The van der Waals surface area contributed by atoms with Gasteiger partial charge in [0, 0.05) is 25.7 Å². The number of hydrogen-bond acceptors (Lipinski definition) is 7. The number of aromatic nitrogens is 2. The summed E-state index contributed by atoms with van der Waals surface area (Å²) in [5.74, 6) is 1.96. The first-order valence-electron chi connectivity index (χ1n) is 11.4. The molecule has 0 radical (unpaired) electrons. The summed E-state index contributed by atoms with van der Waals surface area (Å²) in [5, 5.41) is 7.33. The van der Waals surface area contributed by atoms with Crippen molar-refractivity contribution in [3.8, 4) is 5.75 Å². The third kappa shape index (κ3) is 8.70. The number of ether oxygens (including phenoxy) is 2. The third-order valence-corrected chi connectivity index (χ3v) is 5.54. The fourth-order valence-electron chi connectivity index (χ4n) is 3.54. The van der Waals surface area contributed by atoms with Crippen molar-refractivity contribution in [1.29, 1.82) is 0 Å². The van der Waals surface area contributed by atoms with E-state index >= 15 is 0 Å². The smallest absolute Gasteiger partial charge is 0.410 e. The number of rotatable bonds is 9. The van der Waals surface area contributed by atoms with E-state index < -0.39 is 5.60 Å². The maximum absolute atomic E-state index is 12.2. The van der Waals surface area contributed by atoms with Crippen molar-refractivity contribution in [2.45, 2.75) is 45.8 Å². The zero-order valence-corrected chi connectivity index (χ0v) is 20.4. The van der Waals surface area contributed by atoms with E-state index in [4.69, 9.17) is 21.1 Å². The molecular formula is C24H34ClN5O3. The Kier molecular flexibility index (Phi) is 9.14. The van der Waals surface area contributed by atoms with Gasteiger partial charge in [-0.05, 0) is 58.2 Å². The summed E-state index contributed by atoms with van der Waals surface area (Å²) >= 11 is 6.09. The quantitative estimate of drug-likeness (QED) is 0.521. The molecule has 3 rings (SSSR count). The number of para-hydroxylation sites is 1. The zero-order valence-electron chi connectivity index (χ0n) is 19.6. The summed E-state index contributed by atoms with van der Waals surface area (Å²) in [6.07, 6.45) is 3.28. The van der Waals surface area contributed by atoms with Crippen molar-refractivity contribution in [3.63, 3.8) is 0 Å². The Morgan fingerprint density at radius 2 is 1.97 bits per heavy atom. The molecule has 1 fully saturated rings. The second-order valence-electron chi connectivity index (χ2n) is 9.14. The van der Waals surface area contributed by atoms with Crippen molar-refractivity contribution in [2.75, 3.05) is 38.1 Å². The fraction of sp³-hybridized carbons (Fsp3) is 0.542. The first-order valence-corrected chi connectivity index (χ1v) is 11.8. The van der Waals surface area contributed by atoms with Gasteiger partial charge in [0.15, 0.2) is 0 Å². The number of benzene rings is 1. The summed E-state index contributed by atoms with van der Waals surface area (Å²) in [6.45, 7) is 9.78. The first-order chi connectivity index (χ1) is 15.8. The average molecular weight is 476 g/mol. The highest BCUT2D eigenvalue weighted by molar-refractivity contribution is 6.32. The van der Waals surface area contributed by atoms with E-state index in [1.807, 2.05) is 45.0 Å². The average Bonchev–Trinajstić information content (AvgIpc) is 2.77. The van der Waals surface area contributed by atoms with Crippen molar-refractivity contribution in [1.82, 2.24) is 20.2 Å². The van der Waals surface area contributed by atoms with Crippen LogP contribution in [0.4, 0.5) is 10.6 Å². The number of nitrogens with zero attached hydrogens (tertiary/aromatic N) is 3. The largest absolute Gasteiger partial charge is 0.490 e. The second kappa shape index (κ2) is 12.0. The Balaban J connectivity index is 1.33. The van der Waals surface area contributed by atoms with E-state index in [-0.39, 0.29) is 6.09 Å². The van der Waals surface area contributed by atoms with E-state index in [0.717, 1.165) is 44.0 Å². The van der Waals surface area contributed by atoms with Crippen LogP contribution in [-0.2, 0) is 11.3 Å². The molecule has 9 heteroatoms. The predicted molar refractivity (Wildman–Crippen MR) is 130 cm³/mol. The number of nitrogens with one attached hydrogen (secondary N) is 2. The molecule has 0 aliphatic carbocycles. The third-order valence-electron chi connectivity index (χ3n) is 5.23. The van der Waals surface area contributed by atoms with E-state index in [0.29, 0.717) is 36.4 Å². The van der Waals surface area contributed by atoms with Crippen molar-refractivity contribution < 1.29 is 14.3 Å². The standard InChI is InChI=1S/C24H34ClN5O3/c1-24(2,3)33-23(31)30-11-8-18(9-12-30)15-26-16-19-14-22(29-17-28-19)27-10-13-32-21-7-5-4-6-20(21)25/h4-7,14,17-18,26H,8-13,15-16H2,1-3H3,(H,27,28,29). The van der Waals surface area contributed by atoms with Crippen molar-refractivity contribution in [3.05, 3.63) is 47.4 Å². The second-order valence-corrected chi connectivity index (χ2v) is 9.55. The number of anilines is 1. The SMILES string of the molecule is CC(C)(C)OC(=O)N1CCC(CNCc2cc(NCCOc3ccccc3Cl)ncn2)CC1. The van der Waals surface area contributed by atoms with Crippen LogP contribution in [-0.4, -0.2) is 59.3 Å². The molecule has 1 aliphatic heterocycles. The molecule has 1 saturated heterocycles. The van der Waals surface area contributed by atoms with Crippen LogP contribution in [0.25, 0.3) is 0 Å². The van der Waals surface area contributed by atoms with E-state index in [1.165, 1.54) is 0 Å². The zero-order chi connectivity index (χ0) is 23.7. The van der Waals surface area contributed by atoms with Gasteiger partial charge in [0.25, 0.3) is 0 Å². The van der Waals surface area contributed by atoms with Gasteiger partial charge in [-0.1, -0.05) is 23.7 Å². The predicted octanol–water partition coefficient (Wildman–Crippen LogP) is 4.36. The van der Waals surface area contributed by atoms with Gasteiger partial charge in [0.1, 0.15) is 30.1 Å². The summed E-state index contributed by atoms with van der Waals surface area (Å²) in [6, 6.07) is 9.35. The van der Waals surface area contributed by atoms with Gasteiger partial charge in [-0.15, -0.1) is 0 Å². The van der Waals surface area contributed by atoms with Crippen molar-refractivity contribution in [2.24, 2.45) is 5.92 Å². The summed E-state index contributed by atoms with van der Waals surface area (Å²) in [4.78, 5) is 22.6. The van der Waals surface area contributed by atoms with Crippen LogP contribution in [0.1, 0.15) is 39.3 Å². The number of likely N-dealkylation sites (tertiary alicyclic amines) is 1. The highest BCUT2D eigenvalue weighted by atomic mass is 35.5. The molecule has 2 heterocycles. The molecule has 2 aromatic rings. The van der Waals surface area contributed by atoms with E-state index in [1.54, 1.807) is 17.3 Å². The molecule has 0 bridgehead atoms. The fourth-order valence-corrected chi connectivity index (χ4v) is 3.73. The summed E-state index contributed by atoms with van der Waals surface area (Å²) in [5.41, 5.74) is 0.467. The molecule has 0 unspecified atom stereocenters. The minimum Gasteiger partial charge on any atom is -0.490 e. The molecule has 1 aromatic carbocycles. The van der Waals surface area contributed by atoms with Gasteiger partial charge in [-0.3, -0.25) is 0 Å². The van der Waals surface area contributed by atoms with Gasteiger partial charge in [-0.25, -0.2) is 14.8 Å². The Morgan fingerprint density at radius 3 is 2.70 bits per heavy atom. The van der Waals surface area contributed by atoms with Gasteiger partial charge in [0.05, 0.1) is 17.3 Å². The van der Waals surface area contributed by atoms with Crippen LogP contribution in [0, 0.1) is 5.92 Å². The highest BCUT2D eigenvalue weighted by Crippen LogP contribution is 2.23. The van der Waals surface area contributed by atoms with Crippen LogP contribution in [0.2, 0.25) is 5.02 Å². The van der Waals surface area contributed by atoms with Crippen molar-refractivity contribution >= 4 is 23.5 Å². The van der Waals surface area contributed by atoms with E-state index in [2.05, 4.69) is 20.6 Å². The maximum atomic E-state index is 12.2. The molecule has 0 atom stereocenters. The number of halogens is 1. The monoisotopic (exact) mass is 475 g/mol. The lowest BCUT2D eigenvalue weighted by atomic mass is 9.97. The Hall–Kier alpha value is -2.58. The summed E-state index contributed by atoms with van der Waals surface area (Å²) in [7, 11) is 0. The molecule has 180 valence electrons. The Morgan fingerprint density at radius 1 is 1.21 bits per heavy atom. The molecule has 8 nitrogen and oxygen atoms in total. The topological polar surface area (TPSA) is 88.6 Å². The summed E-state index contributed by atoms with van der Waals surface area (Å²) < 4.78 is 11.1. The van der Waals surface area contributed by atoms with Crippen LogP contribution >= 0.6 is 11.6 Å². The Labute approximate surface area is 201 Å². The number of carbonyl (C=O) groups is 1. The van der Waals surface area contributed by atoms with Gasteiger partial charge >= 0.3 is 6.09 Å². The lowest BCUT2D eigenvalue weighted by Gasteiger charge is -2.33. The molecule has 1 aromatic heterocycles. The molecule has 1 amide bonds. The lowest BCUT2D eigenvalue weighted by Crippen LogP contribution is -2.43. The minimum absolute atomic E-state index is 0.216. The normalized spacial score (nSPS) is 14.7. The van der Waals surface area contributed by atoms with Crippen LogP contribution < -0.4 is 15.4 Å². The van der Waals surface area contributed by atoms with Gasteiger partial charge in [-0.2, -0.15) is 0 Å². The highest BCUT2D eigenvalue weighted by Gasteiger charge is 2.26. The van der Waals surface area contributed by atoms with Crippen LogP contribution in [0.5, 0.6) is 5.75 Å². The van der Waals surface area contributed by atoms with Gasteiger partial charge in [0.2, 0.25) is 0 Å². The lowest BCUT2D eigenvalue weighted by molar-refractivity contribution is 0.0184. The molecule has 0 saturated carbocycles. The Bertz CT molecular complexity index is 898. The minimum atomic E-state index is -0.455. The van der Waals surface area contributed by atoms with Crippen LogP contribution in [0.3, 0.4) is 0 Å². The first kappa shape index (κ1) is 25.1. The number of carbonyl (C=O) groups excluding carboxylic acids is 1.